The molecule has 158 valence electrons. The molecule has 1 amide bonds. The molecule has 30 heavy (non-hydrogen) atoms. The fourth-order valence-corrected chi connectivity index (χ4v) is 3.71. The van der Waals surface area contributed by atoms with E-state index in [2.05, 4.69) is 24.1 Å². The zero-order valence-electron chi connectivity index (χ0n) is 17.7. The predicted octanol–water partition coefficient (Wildman–Crippen LogP) is 4.04. The van der Waals surface area contributed by atoms with Gasteiger partial charge in [-0.15, -0.1) is 0 Å². The molecule has 0 bridgehead atoms. The normalized spacial score (nSPS) is 12.2. The number of thioether (sulfide) groups is 1. The minimum Gasteiger partial charge on any atom is -0.494 e. The molecule has 1 aromatic heterocycles. The average molecular weight is 426 g/mol. The number of nitrogens with zero attached hydrogens (tertiary/aromatic N) is 2. The van der Waals surface area contributed by atoms with Gasteiger partial charge < -0.3 is 10.1 Å². The largest absolute Gasteiger partial charge is 0.494 e. The summed E-state index contributed by atoms with van der Waals surface area (Å²) in [6.07, 6.45) is 0. The van der Waals surface area contributed by atoms with Crippen LogP contribution in [0.25, 0.3) is 16.6 Å². The molecule has 0 aliphatic rings. The van der Waals surface area contributed by atoms with Crippen molar-refractivity contribution in [2.24, 2.45) is 5.92 Å². The van der Waals surface area contributed by atoms with Crippen molar-refractivity contribution in [3.63, 3.8) is 0 Å². The molecule has 0 radical (unpaired) electrons. The number of fused-ring (bicyclic) bond motifs is 1. The number of ether oxygens (including phenoxy) is 1. The third-order valence-corrected chi connectivity index (χ3v) is 5.81. The summed E-state index contributed by atoms with van der Waals surface area (Å²) in [5.74, 6) is 1.18. The highest BCUT2D eigenvalue weighted by Gasteiger charge is 2.16. The zero-order valence-corrected chi connectivity index (χ0v) is 18.5. The fraction of sp³-hybridized carbons (Fsp3) is 0.348. The van der Waals surface area contributed by atoms with Gasteiger partial charge in [-0.25, -0.2) is 4.98 Å². The van der Waals surface area contributed by atoms with Gasteiger partial charge in [-0.1, -0.05) is 37.7 Å². The van der Waals surface area contributed by atoms with Gasteiger partial charge in [-0.05, 0) is 56.2 Å². The molecule has 0 saturated carbocycles. The first-order chi connectivity index (χ1) is 14.4. The molecule has 3 aromatic rings. The van der Waals surface area contributed by atoms with Crippen LogP contribution in [0.1, 0.15) is 27.7 Å². The second kappa shape index (κ2) is 9.80. The lowest BCUT2D eigenvalue weighted by molar-refractivity contribution is -0.119. The molecular formula is C23H27N3O3S. The topological polar surface area (TPSA) is 73.2 Å². The van der Waals surface area contributed by atoms with E-state index in [1.54, 1.807) is 10.6 Å². The van der Waals surface area contributed by atoms with Crippen LogP contribution < -0.4 is 15.6 Å². The minimum absolute atomic E-state index is 0.0796. The van der Waals surface area contributed by atoms with E-state index in [0.717, 1.165) is 5.75 Å². The summed E-state index contributed by atoms with van der Waals surface area (Å²) in [5, 5.41) is 4.01. The van der Waals surface area contributed by atoms with Crippen molar-refractivity contribution in [1.29, 1.82) is 0 Å². The van der Waals surface area contributed by atoms with Crippen molar-refractivity contribution in [3.05, 3.63) is 58.9 Å². The van der Waals surface area contributed by atoms with E-state index < -0.39 is 0 Å². The standard InChI is InChI=1S/C23H27N3O3S/c1-5-29-18-12-10-17(11-13-18)26-22(28)19-8-6-7-9-20(19)25-23(26)30-14-21(27)24-16(4)15(2)3/h6-13,15-16H,5,14H2,1-4H3,(H,24,27). The Morgan fingerprint density at radius 2 is 1.83 bits per heavy atom. The maximum absolute atomic E-state index is 13.2. The maximum atomic E-state index is 13.2. The van der Waals surface area contributed by atoms with Gasteiger partial charge in [0.1, 0.15) is 5.75 Å². The van der Waals surface area contributed by atoms with E-state index in [9.17, 15) is 9.59 Å². The number of carbonyl (C=O) groups is 1. The number of carbonyl (C=O) groups excluding carboxylic acids is 1. The van der Waals surface area contributed by atoms with Crippen molar-refractivity contribution in [1.82, 2.24) is 14.9 Å². The Labute approximate surface area is 180 Å². The molecule has 7 heteroatoms. The van der Waals surface area contributed by atoms with Crippen LogP contribution in [0.3, 0.4) is 0 Å². The lowest BCUT2D eigenvalue weighted by Crippen LogP contribution is -2.37. The number of hydrogen-bond acceptors (Lipinski definition) is 5. The summed E-state index contributed by atoms with van der Waals surface area (Å²) >= 11 is 1.26. The smallest absolute Gasteiger partial charge is 0.266 e. The van der Waals surface area contributed by atoms with Crippen molar-refractivity contribution in [3.8, 4) is 11.4 Å². The number of aromatic nitrogens is 2. The lowest BCUT2D eigenvalue weighted by Gasteiger charge is -2.18. The molecule has 1 atom stereocenters. The second-order valence-electron chi connectivity index (χ2n) is 7.37. The molecule has 0 fully saturated rings. The third kappa shape index (κ3) is 5.02. The predicted molar refractivity (Wildman–Crippen MR) is 122 cm³/mol. The van der Waals surface area contributed by atoms with Gasteiger partial charge in [0.25, 0.3) is 5.56 Å². The first kappa shape index (κ1) is 21.9. The molecule has 0 aliphatic carbocycles. The summed E-state index contributed by atoms with van der Waals surface area (Å²) in [6, 6.07) is 14.6. The van der Waals surface area contributed by atoms with Crippen LogP contribution in [-0.2, 0) is 4.79 Å². The number of hydrogen-bond donors (Lipinski definition) is 1. The van der Waals surface area contributed by atoms with Crippen molar-refractivity contribution < 1.29 is 9.53 Å². The number of nitrogens with one attached hydrogen (secondary N) is 1. The zero-order chi connectivity index (χ0) is 21.7. The number of amides is 1. The molecule has 1 heterocycles. The minimum atomic E-state index is -0.164. The van der Waals surface area contributed by atoms with Gasteiger partial charge in [-0.3, -0.25) is 14.2 Å². The molecular weight excluding hydrogens is 398 g/mol. The number of benzene rings is 2. The van der Waals surface area contributed by atoms with E-state index in [-0.39, 0.29) is 23.3 Å². The summed E-state index contributed by atoms with van der Waals surface area (Å²) in [4.78, 5) is 30.3. The summed E-state index contributed by atoms with van der Waals surface area (Å²) in [7, 11) is 0. The highest BCUT2D eigenvalue weighted by atomic mass is 32.2. The molecule has 6 nitrogen and oxygen atoms in total. The molecule has 1 N–H and O–H groups in total. The first-order valence-electron chi connectivity index (χ1n) is 10.1. The van der Waals surface area contributed by atoms with Gasteiger partial charge >= 0.3 is 0 Å². The van der Waals surface area contributed by atoms with Crippen LogP contribution in [0, 0.1) is 5.92 Å². The van der Waals surface area contributed by atoms with Gasteiger partial charge in [-0.2, -0.15) is 0 Å². The summed E-state index contributed by atoms with van der Waals surface area (Å²) in [6.45, 7) is 8.60. The van der Waals surface area contributed by atoms with Crippen LogP contribution in [-0.4, -0.2) is 33.9 Å². The van der Waals surface area contributed by atoms with E-state index >= 15 is 0 Å². The Kier molecular flexibility index (Phi) is 7.15. The van der Waals surface area contributed by atoms with Crippen molar-refractivity contribution in [2.45, 2.75) is 38.9 Å². The highest BCUT2D eigenvalue weighted by molar-refractivity contribution is 7.99. The van der Waals surface area contributed by atoms with Gasteiger partial charge in [0.05, 0.1) is 29.0 Å². The van der Waals surface area contributed by atoms with Crippen LogP contribution >= 0.6 is 11.8 Å². The SMILES string of the molecule is CCOc1ccc(-n2c(SCC(=O)NC(C)C(C)C)nc3ccccc3c2=O)cc1. The Balaban J connectivity index is 1.97. The Morgan fingerprint density at radius 1 is 1.13 bits per heavy atom. The number of para-hydroxylation sites is 1. The van der Waals surface area contributed by atoms with Gasteiger partial charge in [0.2, 0.25) is 5.91 Å². The highest BCUT2D eigenvalue weighted by Crippen LogP contribution is 2.23. The van der Waals surface area contributed by atoms with E-state index in [1.165, 1.54) is 11.8 Å². The van der Waals surface area contributed by atoms with E-state index in [0.29, 0.717) is 34.3 Å². The van der Waals surface area contributed by atoms with Gasteiger partial charge in [0, 0.05) is 6.04 Å². The van der Waals surface area contributed by atoms with Crippen LogP contribution in [0.4, 0.5) is 0 Å². The molecule has 1 unspecified atom stereocenters. The van der Waals surface area contributed by atoms with Crippen LogP contribution in [0.15, 0.2) is 58.5 Å². The first-order valence-corrected chi connectivity index (χ1v) is 11.1. The molecule has 0 aliphatic heterocycles. The van der Waals surface area contributed by atoms with Crippen molar-refractivity contribution in [2.75, 3.05) is 12.4 Å². The molecule has 0 saturated heterocycles. The van der Waals surface area contributed by atoms with E-state index in [1.807, 2.05) is 56.3 Å². The van der Waals surface area contributed by atoms with Crippen molar-refractivity contribution >= 4 is 28.6 Å². The average Bonchev–Trinajstić information content (AvgIpc) is 2.73. The summed E-state index contributed by atoms with van der Waals surface area (Å²) < 4.78 is 7.06. The lowest BCUT2D eigenvalue weighted by atomic mass is 10.1. The fourth-order valence-electron chi connectivity index (χ4n) is 2.89. The van der Waals surface area contributed by atoms with Crippen LogP contribution in [0.5, 0.6) is 5.75 Å². The van der Waals surface area contributed by atoms with Crippen LogP contribution in [0.2, 0.25) is 0 Å². The Hall–Kier alpha value is -2.80. The van der Waals surface area contributed by atoms with E-state index in [4.69, 9.17) is 4.74 Å². The molecule has 3 rings (SSSR count). The maximum Gasteiger partial charge on any atom is 0.266 e. The second-order valence-corrected chi connectivity index (χ2v) is 8.31. The molecule has 2 aromatic carbocycles. The quantitative estimate of drug-likeness (QED) is 0.436. The number of rotatable bonds is 8. The Bertz CT molecular complexity index is 1080. The third-order valence-electron chi connectivity index (χ3n) is 4.87. The monoisotopic (exact) mass is 425 g/mol. The Morgan fingerprint density at radius 3 is 2.50 bits per heavy atom. The van der Waals surface area contributed by atoms with Gasteiger partial charge in [0.15, 0.2) is 5.16 Å². The summed E-state index contributed by atoms with van der Waals surface area (Å²) in [5.41, 5.74) is 1.13. The molecule has 0 spiro atoms.